The maximum absolute atomic E-state index is 8.46. The van der Waals surface area contributed by atoms with Crippen molar-refractivity contribution in [2.45, 2.75) is 0 Å². The van der Waals surface area contributed by atoms with Crippen LogP contribution in [0.3, 0.4) is 0 Å². The Kier molecular flexibility index (Phi) is 8.34. The third kappa shape index (κ3) is 5.75. The van der Waals surface area contributed by atoms with E-state index < -0.39 is 0 Å². The van der Waals surface area contributed by atoms with Crippen LogP contribution in [0.4, 0.5) is 0 Å². The van der Waals surface area contributed by atoms with Gasteiger partial charge in [-0.25, -0.2) is 0 Å². The molecule has 0 spiro atoms. The van der Waals surface area contributed by atoms with Gasteiger partial charge < -0.3 is 10.2 Å². The van der Waals surface area contributed by atoms with E-state index in [1.165, 1.54) is 0 Å². The summed E-state index contributed by atoms with van der Waals surface area (Å²) in [5.41, 5.74) is 0. The van der Waals surface area contributed by atoms with Crippen LogP contribution in [0.25, 0.3) is 0 Å². The third-order valence-corrected chi connectivity index (χ3v) is 2.08. The minimum absolute atomic E-state index is 0. The molecule has 0 aliphatic heterocycles. The van der Waals surface area contributed by atoms with E-state index in [4.69, 9.17) is 10.2 Å². The van der Waals surface area contributed by atoms with Crippen LogP contribution in [-0.2, 0) is 17.1 Å². The van der Waals surface area contributed by atoms with E-state index in [0.29, 0.717) is 11.8 Å². The summed E-state index contributed by atoms with van der Waals surface area (Å²) in [6, 6.07) is 0. The van der Waals surface area contributed by atoms with Crippen LogP contribution in [0.2, 0.25) is 0 Å². The molecule has 2 aliphatic carbocycles. The van der Waals surface area contributed by atoms with E-state index in [1.54, 1.807) is 0 Å². The molecule has 3 heteroatoms. The van der Waals surface area contributed by atoms with Gasteiger partial charge in [-0.15, -0.1) is 0 Å². The first kappa shape index (κ1) is 14.4. The van der Waals surface area contributed by atoms with Gasteiger partial charge in [-0.1, -0.05) is 48.6 Å². The number of aliphatic hydroxyl groups excluding tert-OH is 2. The number of allylic oxidation sites excluding steroid dienone is 4. The molecule has 2 N–H and O–H groups in total. The average molecular weight is 248 g/mol. The van der Waals surface area contributed by atoms with E-state index in [1.807, 2.05) is 48.6 Å². The summed E-state index contributed by atoms with van der Waals surface area (Å²) in [5.74, 6) is 0.583. The first-order valence-corrected chi connectivity index (χ1v) is 4.78. The first-order valence-electron chi connectivity index (χ1n) is 4.78. The van der Waals surface area contributed by atoms with Crippen LogP contribution in [0.5, 0.6) is 0 Å². The Balaban J connectivity index is 0.000000245. The van der Waals surface area contributed by atoms with Gasteiger partial charge in [-0.3, -0.25) is 0 Å². The quantitative estimate of drug-likeness (QED) is 0.726. The average Bonchev–Trinajstić information content (AvgIpc) is 2.92. The molecule has 0 fully saturated rings. The molecular formula is C12H16FeO2. The fourth-order valence-corrected chi connectivity index (χ4v) is 1.20. The van der Waals surface area contributed by atoms with E-state index in [-0.39, 0.29) is 30.3 Å². The first-order chi connectivity index (χ1) is 6.86. The molecule has 0 aromatic carbocycles. The molecule has 0 heterocycles. The van der Waals surface area contributed by atoms with Crippen molar-refractivity contribution in [2.24, 2.45) is 11.8 Å². The molecule has 84 valence electrons. The number of hydrogen-bond acceptors (Lipinski definition) is 2. The normalized spacial score (nSPS) is 17.7. The van der Waals surface area contributed by atoms with Crippen molar-refractivity contribution in [3.63, 3.8) is 0 Å². The van der Waals surface area contributed by atoms with Crippen molar-refractivity contribution < 1.29 is 27.3 Å². The van der Waals surface area contributed by atoms with Gasteiger partial charge in [-0.2, -0.15) is 0 Å². The van der Waals surface area contributed by atoms with Crippen molar-refractivity contribution in [3.8, 4) is 0 Å². The Labute approximate surface area is 101 Å². The second-order valence-corrected chi connectivity index (χ2v) is 3.23. The molecule has 0 atom stereocenters. The molecule has 2 nitrogen and oxygen atoms in total. The van der Waals surface area contributed by atoms with Gasteiger partial charge >= 0.3 is 0 Å². The van der Waals surface area contributed by atoms with Crippen LogP contribution >= 0.6 is 0 Å². The van der Waals surface area contributed by atoms with Crippen molar-refractivity contribution >= 4 is 0 Å². The standard InChI is InChI=1S/2C6H8O.Fe/c2*7-5-6-3-1-2-4-6;/h2*1-4,6-7H,5H2;. The van der Waals surface area contributed by atoms with E-state index in [0.717, 1.165) is 0 Å². The van der Waals surface area contributed by atoms with E-state index >= 15 is 0 Å². The minimum atomic E-state index is 0. The fourth-order valence-electron chi connectivity index (χ4n) is 1.20. The predicted octanol–water partition coefficient (Wildman–Crippen LogP) is 1.44. The predicted molar refractivity (Wildman–Crippen MR) is 57.7 cm³/mol. The molecule has 2 aliphatic rings. The Hall–Kier alpha value is -0.601. The summed E-state index contributed by atoms with van der Waals surface area (Å²) in [5, 5.41) is 16.9. The Morgan fingerprint density at radius 1 is 0.667 bits per heavy atom. The van der Waals surface area contributed by atoms with Crippen molar-refractivity contribution in [1.29, 1.82) is 0 Å². The minimum Gasteiger partial charge on any atom is -0.395 e. The largest absolute Gasteiger partial charge is 0.395 e. The van der Waals surface area contributed by atoms with E-state index in [9.17, 15) is 0 Å². The second kappa shape index (κ2) is 8.69. The molecule has 0 unspecified atom stereocenters. The summed E-state index contributed by atoms with van der Waals surface area (Å²) in [6.07, 6.45) is 15.7. The molecule has 2 rings (SSSR count). The number of rotatable bonds is 2. The molecule has 0 aromatic rings. The molecule has 0 amide bonds. The molecule has 15 heavy (non-hydrogen) atoms. The smallest absolute Gasteiger partial charge is 0.0528 e. The SMILES string of the molecule is OCC1C=CC=C1.OCC1C=CC=C1.[Fe]. The maximum atomic E-state index is 8.46. The number of aliphatic hydroxyl groups is 2. The molecule has 0 saturated carbocycles. The summed E-state index contributed by atoms with van der Waals surface area (Å²) in [6.45, 7) is 0.486. The van der Waals surface area contributed by atoms with Gasteiger partial charge in [0.15, 0.2) is 0 Å². The summed E-state index contributed by atoms with van der Waals surface area (Å²) in [4.78, 5) is 0. The van der Waals surface area contributed by atoms with Crippen LogP contribution in [0.1, 0.15) is 0 Å². The van der Waals surface area contributed by atoms with E-state index in [2.05, 4.69) is 0 Å². The molecule has 0 saturated heterocycles. The fraction of sp³-hybridized carbons (Fsp3) is 0.333. The van der Waals surface area contributed by atoms with Crippen LogP contribution in [0, 0.1) is 11.8 Å². The second-order valence-electron chi connectivity index (χ2n) is 3.23. The van der Waals surface area contributed by atoms with Crippen LogP contribution in [-0.4, -0.2) is 23.4 Å². The zero-order chi connectivity index (χ0) is 10.2. The van der Waals surface area contributed by atoms with Gasteiger partial charge in [0.25, 0.3) is 0 Å². The topological polar surface area (TPSA) is 40.5 Å². The maximum Gasteiger partial charge on any atom is 0.0528 e. The Morgan fingerprint density at radius 3 is 1.07 bits per heavy atom. The van der Waals surface area contributed by atoms with Gasteiger partial charge in [0.1, 0.15) is 0 Å². The number of hydrogen-bond donors (Lipinski definition) is 2. The third-order valence-electron chi connectivity index (χ3n) is 2.08. The van der Waals surface area contributed by atoms with Crippen LogP contribution < -0.4 is 0 Å². The summed E-state index contributed by atoms with van der Waals surface area (Å²) < 4.78 is 0. The van der Waals surface area contributed by atoms with Gasteiger partial charge in [0, 0.05) is 28.9 Å². The monoisotopic (exact) mass is 248 g/mol. The Bertz CT molecular complexity index is 215. The zero-order valence-electron chi connectivity index (χ0n) is 8.44. The van der Waals surface area contributed by atoms with Gasteiger partial charge in [0.2, 0.25) is 0 Å². The molecule has 0 aromatic heterocycles. The summed E-state index contributed by atoms with van der Waals surface area (Å²) in [7, 11) is 0. The molecular weight excluding hydrogens is 232 g/mol. The zero-order valence-corrected chi connectivity index (χ0v) is 9.54. The van der Waals surface area contributed by atoms with Crippen LogP contribution in [0.15, 0.2) is 48.6 Å². The Morgan fingerprint density at radius 2 is 0.933 bits per heavy atom. The van der Waals surface area contributed by atoms with Gasteiger partial charge in [-0.05, 0) is 0 Å². The van der Waals surface area contributed by atoms with Gasteiger partial charge in [0.05, 0.1) is 13.2 Å². The molecule has 0 bridgehead atoms. The summed E-state index contributed by atoms with van der Waals surface area (Å²) >= 11 is 0. The van der Waals surface area contributed by atoms with Crippen molar-refractivity contribution in [2.75, 3.05) is 13.2 Å². The van der Waals surface area contributed by atoms with Crippen molar-refractivity contribution in [1.82, 2.24) is 0 Å². The molecule has 0 radical (unpaired) electrons. The van der Waals surface area contributed by atoms with Crippen molar-refractivity contribution in [3.05, 3.63) is 48.6 Å².